The van der Waals surface area contributed by atoms with Crippen LogP contribution in [0, 0.1) is 0 Å². The number of thioether (sulfide) groups is 1. The fourth-order valence-electron chi connectivity index (χ4n) is 2.96. The molecule has 0 radical (unpaired) electrons. The van der Waals surface area contributed by atoms with Gasteiger partial charge in [-0.1, -0.05) is 18.2 Å². The van der Waals surface area contributed by atoms with Gasteiger partial charge in [-0.3, -0.25) is 10.3 Å². The van der Waals surface area contributed by atoms with E-state index in [2.05, 4.69) is 64.9 Å². The topological polar surface area (TPSA) is 28.2 Å². The van der Waals surface area contributed by atoms with Gasteiger partial charge in [-0.2, -0.15) is 0 Å². The third-order valence-electron chi connectivity index (χ3n) is 4.03. The van der Waals surface area contributed by atoms with Gasteiger partial charge in [0, 0.05) is 29.7 Å². The smallest absolute Gasteiger partial charge is 0.112 e. The van der Waals surface area contributed by atoms with Gasteiger partial charge in [0.15, 0.2) is 0 Å². The molecule has 3 nitrogen and oxygen atoms in total. The van der Waals surface area contributed by atoms with Crippen molar-refractivity contribution < 1.29 is 0 Å². The number of allylic oxidation sites excluding steroid dienone is 2. The molecule has 2 aromatic rings. The number of likely N-dealkylation sites (N-methyl/N-ethyl adjacent to an activating group) is 1. The summed E-state index contributed by atoms with van der Waals surface area (Å²) in [5.74, 6) is 0. The number of hydrogen-bond donors (Lipinski definition) is 1. The number of pyridine rings is 1. The predicted molar refractivity (Wildman–Crippen MR) is 88.7 cm³/mol. The van der Waals surface area contributed by atoms with Gasteiger partial charge in [-0.25, -0.2) is 0 Å². The maximum Gasteiger partial charge on any atom is 0.112 e. The van der Waals surface area contributed by atoms with Gasteiger partial charge in [0.1, 0.15) is 6.17 Å². The molecule has 0 saturated carbocycles. The Morgan fingerprint density at radius 2 is 2.19 bits per heavy atom. The molecule has 4 heteroatoms. The van der Waals surface area contributed by atoms with Crippen molar-refractivity contribution in [3.05, 3.63) is 65.3 Å². The van der Waals surface area contributed by atoms with Crippen LogP contribution in [0.4, 0.5) is 0 Å². The summed E-state index contributed by atoms with van der Waals surface area (Å²) in [6.07, 6.45) is 9.70. The van der Waals surface area contributed by atoms with Crippen molar-refractivity contribution >= 4 is 22.7 Å². The average Bonchev–Trinajstić information content (AvgIpc) is 2.92. The first kappa shape index (κ1) is 12.9. The molecule has 106 valence electrons. The third-order valence-corrected chi connectivity index (χ3v) is 5.24. The van der Waals surface area contributed by atoms with E-state index in [1.807, 2.05) is 24.0 Å². The molecule has 0 bridgehead atoms. The lowest BCUT2D eigenvalue weighted by atomic mass is 10.1. The van der Waals surface area contributed by atoms with Gasteiger partial charge in [-0.15, -0.1) is 11.8 Å². The zero-order valence-corrected chi connectivity index (χ0v) is 12.7. The van der Waals surface area contributed by atoms with Gasteiger partial charge in [0.25, 0.3) is 0 Å². The van der Waals surface area contributed by atoms with Crippen LogP contribution in [0.1, 0.15) is 5.56 Å². The number of para-hydroxylation sites is 1. The van der Waals surface area contributed by atoms with Gasteiger partial charge >= 0.3 is 0 Å². The normalized spacial score (nSPS) is 24.2. The van der Waals surface area contributed by atoms with Crippen LogP contribution in [0.25, 0.3) is 10.9 Å². The van der Waals surface area contributed by atoms with Crippen molar-refractivity contribution in [3.63, 3.8) is 0 Å². The molecule has 1 N–H and O–H groups in total. The lowest BCUT2D eigenvalue weighted by molar-refractivity contribution is 0.325. The van der Waals surface area contributed by atoms with E-state index in [1.54, 1.807) is 0 Å². The minimum atomic E-state index is 0.332. The van der Waals surface area contributed by atoms with Gasteiger partial charge in [0.05, 0.1) is 10.9 Å². The van der Waals surface area contributed by atoms with Crippen LogP contribution in [0.15, 0.2) is 59.8 Å². The van der Waals surface area contributed by atoms with E-state index in [1.165, 1.54) is 15.9 Å². The van der Waals surface area contributed by atoms with E-state index in [0.29, 0.717) is 11.5 Å². The van der Waals surface area contributed by atoms with Crippen LogP contribution in [0.3, 0.4) is 0 Å². The Labute approximate surface area is 128 Å². The molecule has 0 aliphatic carbocycles. The van der Waals surface area contributed by atoms with E-state index in [0.717, 1.165) is 11.9 Å². The third kappa shape index (κ3) is 2.34. The summed E-state index contributed by atoms with van der Waals surface area (Å²) in [6.45, 7) is 0. The number of aromatic nitrogens is 1. The number of rotatable bonds is 2. The first-order valence-corrected chi connectivity index (χ1v) is 8.05. The number of fused-ring (bicyclic) bond motifs is 2. The Morgan fingerprint density at radius 1 is 1.29 bits per heavy atom. The molecule has 0 amide bonds. The van der Waals surface area contributed by atoms with Crippen molar-refractivity contribution in [3.8, 4) is 0 Å². The molecule has 2 atom stereocenters. The first-order chi connectivity index (χ1) is 10.3. The van der Waals surface area contributed by atoms with Crippen LogP contribution in [-0.4, -0.2) is 28.5 Å². The number of benzene rings is 1. The van der Waals surface area contributed by atoms with Gasteiger partial charge in [-0.05, 0) is 36.3 Å². The van der Waals surface area contributed by atoms with E-state index >= 15 is 0 Å². The van der Waals surface area contributed by atoms with Gasteiger partial charge < -0.3 is 4.90 Å². The summed E-state index contributed by atoms with van der Waals surface area (Å²) < 4.78 is 0. The Hall–Kier alpha value is -1.78. The Kier molecular flexibility index (Phi) is 3.20. The van der Waals surface area contributed by atoms with E-state index < -0.39 is 0 Å². The highest BCUT2D eigenvalue weighted by atomic mass is 32.2. The van der Waals surface area contributed by atoms with E-state index in [4.69, 9.17) is 0 Å². The van der Waals surface area contributed by atoms with Crippen molar-refractivity contribution in [2.75, 3.05) is 7.05 Å². The average molecular weight is 295 g/mol. The van der Waals surface area contributed by atoms with E-state index in [9.17, 15) is 0 Å². The van der Waals surface area contributed by atoms with Crippen molar-refractivity contribution in [1.29, 1.82) is 0 Å². The molecule has 3 heterocycles. The molecular formula is C17H17N3S. The molecule has 0 spiro atoms. The molecule has 1 aromatic carbocycles. The second-order valence-electron chi connectivity index (χ2n) is 5.44. The Bertz CT molecular complexity index is 732. The monoisotopic (exact) mass is 295 g/mol. The molecule has 21 heavy (non-hydrogen) atoms. The molecule has 4 rings (SSSR count). The van der Waals surface area contributed by atoms with Crippen LogP contribution in [0.2, 0.25) is 0 Å². The molecule has 1 fully saturated rings. The molecule has 1 aromatic heterocycles. The summed E-state index contributed by atoms with van der Waals surface area (Å²) in [6, 6.07) is 10.5. The standard InChI is InChI=1S/C17H17N3S/c1-20-10-4-7-15-17(20)19-16(21-15)11-12-8-9-18-14-6-3-2-5-13(12)14/h2-10,16-17,19H,11H2,1H3. The quantitative estimate of drug-likeness (QED) is 0.921. The molecule has 2 aliphatic rings. The van der Waals surface area contributed by atoms with E-state index in [-0.39, 0.29) is 0 Å². The highest BCUT2D eigenvalue weighted by molar-refractivity contribution is 8.04. The fraction of sp³-hybridized carbons (Fsp3) is 0.235. The minimum absolute atomic E-state index is 0.332. The zero-order valence-electron chi connectivity index (χ0n) is 11.9. The number of nitrogens with zero attached hydrogens (tertiary/aromatic N) is 2. The van der Waals surface area contributed by atoms with Gasteiger partial charge in [0.2, 0.25) is 0 Å². The minimum Gasteiger partial charge on any atom is -0.361 e. The predicted octanol–water partition coefficient (Wildman–Crippen LogP) is 3.11. The van der Waals surface area contributed by atoms with Crippen molar-refractivity contribution in [1.82, 2.24) is 15.2 Å². The molecular weight excluding hydrogens is 278 g/mol. The Morgan fingerprint density at radius 3 is 3.10 bits per heavy atom. The largest absolute Gasteiger partial charge is 0.361 e. The summed E-state index contributed by atoms with van der Waals surface area (Å²) in [5.41, 5.74) is 2.44. The second-order valence-corrected chi connectivity index (χ2v) is 6.72. The van der Waals surface area contributed by atoms with Crippen LogP contribution in [-0.2, 0) is 6.42 Å². The summed E-state index contributed by atoms with van der Waals surface area (Å²) in [5, 5.41) is 5.38. The number of hydrogen-bond acceptors (Lipinski definition) is 4. The maximum atomic E-state index is 4.44. The zero-order chi connectivity index (χ0) is 14.2. The summed E-state index contributed by atoms with van der Waals surface area (Å²) >= 11 is 1.94. The number of nitrogens with one attached hydrogen (secondary N) is 1. The summed E-state index contributed by atoms with van der Waals surface area (Å²) in [4.78, 5) is 8.08. The highest BCUT2D eigenvalue weighted by Crippen LogP contribution is 2.36. The molecule has 2 aliphatic heterocycles. The van der Waals surface area contributed by atoms with Crippen LogP contribution in [0.5, 0.6) is 0 Å². The van der Waals surface area contributed by atoms with Crippen LogP contribution < -0.4 is 5.32 Å². The highest BCUT2D eigenvalue weighted by Gasteiger charge is 2.32. The lowest BCUT2D eigenvalue weighted by Crippen LogP contribution is -2.41. The Balaban J connectivity index is 1.59. The first-order valence-electron chi connectivity index (χ1n) is 7.17. The molecule has 2 unspecified atom stereocenters. The lowest BCUT2D eigenvalue weighted by Gasteiger charge is -2.26. The second kappa shape index (κ2) is 5.20. The maximum absolute atomic E-state index is 4.44. The fourth-order valence-corrected chi connectivity index (χ4v) is 4.27. The van der Waals surface area contributed by atoms with Crippen molar-refractivity contribution in [2.45, 2.75) is 18.0 Å². The molecule has 1 saturated heterocycles. The van der Waals surface area contributed by atoms with Crippen LogP contribution >= 0.6 is 11.8 Å². The SMILES string of the molecule is CN1C=CC=C2SC(Cc3ccnc4ccccc34)NC21. The van der Waals surface area contributed by atoms with Crippen molar-refractivity contribution in [2.24, 2.45) is 0 Å². The summed E-state index contributed by atoms with van der Waals surface area (Å²) in [7, 11) is 2.12.